The third-order valence-electron chi connectivity index (χ3n) is 7.82. The summed E-state index contributed by atoms with van der Waals surface area (Å²) < 4.78 is 24.0. The summed E-state index contributed by atoms with van der Waals surface area (Å²) in [5.74, 6) is 5.12. The quantitative estimate of drug-likeness (QED) is 0.0390. The Morgan fingerprint density at radius 2 is 1.92 bits per heavy atom. The SMILES string of the molecule is Cc1cc(N(CCCC(O)C[N+](C)(C)C)c2nc(C(=O)[O-])c(CCCOc3ccc(C#CCN(C)I)cc3F)s2)nnc1Nc1nc2ccccc2s1. The molecule has 0 saturated heterocycles. The summed E-state index contributed by atoms with van der Waals surface area (Å²) in [5.41, 5.74) is 2.08. The molecule has 53 heavy (non-hydrogen) atoms. The van der Waals surface area contributed by atoms with E-state index in [9.17, 15) is 19.4 Å². The lowest BCUT2D eigenvalue weighted by Crippen LogP contribution is -2.41. The number of carbonyl (C=O) groups excluding carboxylic acids is 1. The van der Waals surface area contributed by atoms with Crippen LogP contribution in [0.25, 0.3) is 10.2 Å². The van der Waals surface area contributed by atoms with Crippen LogP contribution in [0.15, 0.2) is 48.5 Å². The number of hydrogen-bond donors (Lipinski definition) is 2. The van der Waals surface area contributed by atoms with E-state index in [1.807, 2.05) is 73.5 Å². The second-order valence-corrected chi connectivity index (χ2v) is 17.2. The molecule has 2 aromatic carbocycles. The Bertz CT molecular complexity index is 2060. The first-order chi connectivity index (χ1) is 25.3. The van der Waals surface area contributed by atoms with Crippen LogP contribution in [0.5, 0.6) is 5.75 Å². The molecule has 1 atom stereocenters. The molecule has 0 aliphatic carbocycles. The number of fused-ring (bicyclic) bond motifs is 1. The van der Waals surface area contributed by atoms with Crippen LogP contribution in [0.3, 0.4) is 0 Å². The standard InChI is InChI=1S/C37H42FIN8O4S2/c1-24-21-32(43-44-34(24)42-36-40-28-13-6-7-14-30(28)52-36)46(19-9-12-26(48)23-47(3,4)5)37-41-33(35(49)50)31(53-37)15-10-20-51-29-17-16-25(22-27(29)38)11-8-18-45(2)39/h6-7,13-14,16-17,21-22,26,48H,9-10,12,15,18-20,23H2,1-5H3,(H-,40,42,44,49,50). The zero-order chi connectivity index (χ0) is 38.1. The molecule has 0 fully saturated rings. The van der Waals surface area contributed by atoms with Crippen molar-refractivity contribution < 1.29 is 28.6 Å². The number of anilines is 4. The molecule has 3 aromatic heterocycles. The lowest BCUT2D eigenvalue weighted by atomic mass is 10.1. The number of carboxylic acid groups (broad SMARTS) is 1. The average molecular weight is 873 g/mol. The summed E-state index contributed by atoms with van der Waals surface area (Å²) in [7, 11) is 7.97. The molecule has 2 N–H and O–H groups in total. The van der Waals surface area contributed by atoms with Gasteiger partial charge in [-0.05, 0) is 81.6 Å². The largest absolute Gasteiger partial charge is 0.543 e. The molecule has 16 heteroatoms. The molecule has 0 amide bonds. The first-order valence-electron chi connectivity index (χ1n) is 17.0. The molecule has 3 heterocycles. The number of thiazole rings is 2. The second-order valence-electron chi connectivity index (χ2n) is 13.5. The number of ether oxygens (including phenoxy) is 1. The minimum atomic E-state index is -1.39. The highest BCUT2D eigenvalue weighted by Crippen LogP contribution is 2.34. The van der Waals surface area contributed by atoms with Crippen molar-refractivity contribution in [2.24, 2.45) is 0 Å². The van der Waals surface area contributed by atoms with Crippen LogP contribution in [0.4, 0.5) is 26.3 Å². The predicted molar refractivity (Wildman–Crippen MR) is 215 cm³/mol. The number of aromatic carboxylic acids is 1. The molecule has 1 unspecified atom stereocenters. The summed E-state index contributed by atoms with van der Waals surface area (Å²) >= 11 is 4.87. The Morgan fingerprint density at radius 1 is 1.13 bits per heavy atom. The van der Waals surface area contributed by atoms with Crippen molar-refractivity contribution in [1.82, 2.24) is 23.3 Å². The van der Waals surface area contributed by atoms with Crippen LogP contribution in [-0.4, -0.2) is 99.4 Å². The van der Waals surface area contributed by atoms with Gasteiger partial charge in [-0.15, -0.1) is 21.5 Å². The molecule has 5 aromatic rings. The minimum absolute atomic E-state index is 0.0975. The van der Waals surface area contributed by atoms with Gasteiger partial charge in [-0.3, -0.25) is 0 Å². The van der Waals surface area contributed by atoms with Crippen molar-refractivity contribution in [2.75, 3.05) is 64.6 Å². The van der Waals surface area contributed by atoms with Crippen LogP contribution >= 0.6 is 45.5 Å². The van der Waals surface area contributed by atoms with Gasteiger partial charge in [0.05, 0.1) is 50.5 Å². The molecule has 0 saturated carbocycles. The highest BCUT2D eigenvalue weighted by Gasteiger charge is 2.22. The van der Waals surface area contributed by atoms with Gasteiger partial charge in [0, 0.05) is 39.8 Å². The Hall–Kier alpha value is -3.99. The molecule has 0 radical (unpaired) electrons. The summed E-state index contributed by atoms with van der Waals surface area (Å²) in [5, 5.41) is 36.3. The third-order valence-corrected chi connectivity index (χ3v) is 10.3. The zero-order valence-corrected chi connectivity index (χ0v) is 34.0. The Balaban J connectivity index is 1.31. The lowest BCUT2D eigenvalue weighted by molar-refractivity contribution is -0.873. The van der Waals surface area contributed by atoms with E-state index in [1.54, 1.807) is 12.1 Å². The van der Waals surface area contributed by atoms with E-state index in [0.29, 0.717) is 82.1 Å². The number of carboxylic acids is 1. The number of para-hydroxylation sites is 1. The van der Waals surface area contributed by atoms with Gasteiger partial charge in [0.25, 0.3) is 0 Å². The number of nitrogens with one attached hydrogen (secondary N) is 1. The number of hydrogen-bond acceptors (Lipinski definition) is 13. The van der Waals surface area contributed by atoms with Crippen LogP contribution in [0.1, 0.15) is 45.8 Å². The number of nitrogens with zero attached hydrogens (tertiary/aromatic N) is 7. The lowest BCUT2D eigenvalue weighted by Gasteiger charge is -2.27. The van der Waals surface area contributed by atoms with Crippen molar-refractivity contribution in [3.8, 4) is 17.6 Å². The predicted octanol–water partition coefficient (Wildman–Crippen LogP) is 5.73. The van der Waals surface area contributed by atoms with Crippen molar-refractivity contribution in [3.63, 3.8) is 0 Å². The Morgan fingerprint density at radius 3 is 2.62 bits per heavy atom. The molecular formula is C37H42FIN8O4S2. The summed E-state index contributed by atoms with van der Waals surface area (Å²) in [6, 6.07) is 14.3. The number of aliphatic hydroxyl groups is 1. The number of quaternary nitrogens is 1. The van der Waals surface area contributed by atoms with Gasteiger partial charge in [0.15, 0.2) is 33.5 Å². The monoisotopic (exact) mass is 872 g/mol. The van der Waals surface area contributed by atoms with Crippen LogP contribution in [-0.2, 0) is 6.42 Å². The van der Waals surface area contributed by atoms with E-state index < -0.39 is 17.9 Å². The fraction of sp³-hybridized carbons (Fsp3) is 0.378. The maximum absolute atomic E-state index is 14.7. The van der Waals surface area contributed by atoms with Gasteiger partial charge < -0.3 is 34.4 Å². The van der Waals surface area contributed by atoms with E-state index in [2.05, 4.69) is 60.2 Å². The Kier molecular flexibility index (Phi) is 13.9. The molecule has 5 rings (SSSR count). The summed E-state index contributed by atoms with van der Waals surface area (Å²) in [4.78, 5) is 23.7. The van der Waals surface area contributed by atoms with E-state index >= 15 is 0 Å². The highest BCUT2D eigenvalue weighted by molar-refractivity contribution is 14.1. The van der Waals surface area contributed by atoms with E-state index in [0.717, 1.165) is 15.8 Å². The van der Waals surface area contributed by atoms with Gasteiger partial charge in [-0.25, -0.2) is 17.5 Å². The fourth-order valence-corrected chi connectivity index (χ4v) is 7.57. The van der Waals surface area contributed by atoms with Crippen LogP contribution in [0.2, 0.25) is 0 Å². The zero-order valence-electron chi connectivity index (χ0n) is 30.2. The number of likely N-dealkylation sites (N-methyl/N-ethyl adjacent to an activating group) is 1. The molecule has 0 aliphatic rings. The molecule has 0 aliphatic heterocycles. The summed E-state index contributed by atoms with van der Waals surface area (Å²) in [6.45, 7) is 3.61. The fourth-order valence-electron chi connectivity index (χ4n) is 5.41. The van der Waals surface area contributed by atoms with Crippen LogP contribution in [0, 0.1) is 24.6 Å². The number of aliphatic hydroxyl groups excluding tert-OH is 1. The van der Waals surface area contributed by atoms with Crippen molar-refractivity contribution in [2.45, 2.75) is 38.7 Å². The molecule has 0 bridgehead atoms. The molecule has 12 nitrogen and oxygen atoms in total. The summed E-state index contributed by atoms with van der Waals surface area (Å²) in [6.07, 6.45) is 1.32. The maximum Gasteiger partial charge on any atom is 0.191 e. The van der Waals surface area contributed by atoms with Crippen molar-refractivity contribution >= 4 is 83.6 Å². The van der Waals surface area contributed by atoms with Crippen molar-refractivity contribution in [3.05, 3.63) is 76.0 Å². The number of halogens is 2. The first-order valence-corrected chi connectivity index (χ1v) is 19.6. The van der Waals surface area contributed by atoms with E-state index in [1.165, 1.54) is 28.7 Å². The van der Waals surface area contributed by atoms with Crippen molar-refractivity contribution in [1.29, 1.82) is 0 Å². The van der Waals surface area contributed by atoms with Gasteiger partial charge >= 0.3 is 0 Å². The van der Waals surface area contributed by atoms with Gasteiger partial charge in [-0.2, -0.15) is 0 Å². The highest BCUT2D eigenvalue weighted by atomic mass is 127. The number of rotatable bonds is 17. The average Bonchev–Trinajstić information content (AvgIpc) is 3.70. The topological polar surface area (TPSA) is 140 Å². The van der Waals surface area contributed by atoms with Gasteiger partial charge in [-0.1, -0.05) is 35.3 Å². The smallest absolute Gasteiger partial charge is 0.191 e. The number of aromatic nitrogens is 4. The molecule has 0 spiro atoms. The van der Waals surface area contributed by atoms with E-state index in [4.69, 9.17) is 4.74 Å². The minimum Gasteiger partial charge on any atom is -0.543 e. The maximum atomic E-state index is 14.7. The van der Waals surface area contributed by atoms with Gasteiger partial charge in [0.2, 0.25) is 0 Å². The van der Waals surface area contributed by atoms with Crippen LogP contribution < -0.4 is 20.1 Å². The molecular weight excluding hydrogens is 830 g/mol. The van der Waals surface area contributed by atoms with Gasteiger partial charge in [0.1, 0.15) is 18.3 Å². The number of carbonyl (C=O) groups is 1. The second kappa shape index (κ2) is 18.4. The Labute approximate surface area is 330 Å². The first kappa shape index (κ1) is 40.2. The normalized spacial score (nSPS) is 12.1. The number of aryl methyl sites for hydroxylation is 2. The number of benzene rings is 2. The molecule has 280 valence electrons. The third kappa shape index (κ3) is 11.7. The van der Waals surface area contributed by atoms with E-state index in [-0.39, 0.29) is 18.1 Å².